The summed E-state index contributed by atoms with van der Waals surface area (Å²) in [7, 11) is -1.02. The van der Waals surface area contributed by atoms with Crippen molar-refractivity contribution in [2.45, 2.75) is 19.6 Å². The Balaban J connectivity index is 1.12. The molecule has 4 aromatic rings. The van der Waals surface area contributed by atoms with E-state index in [9.17, 15) is 0 Å². The van der Waals surface area contributed by atoms with Crippen LogP contribution in [0.3, 0.4) is 0 Å². The fraction of sp³-hybridized carbons (Fsp3) is 0.103. The predicted octanol–water partition coefficient (Wildman–Crippen LogP) is 3.98. The third-order valence-electron chi connectivity index (χ3n) is 6.57. The van der Waals surface area contributed by atoms with Crippen LogP contribution in [-0.2, 0) is 33.5 Å². The van der Waals surface area contributed by atoms with Gasteiger partial charge in [0.2, 0.25) is 0 Å². The molecule has 6 rings (SSSR count). The van der Waals surface area contributed by atoms with E-state index in [1.807, 2.05) is 42.5 Å². The monoisotopic (exact) mass is 482 g/mol. The molecule has 0 spiro atoms. The van der Waals surface area contributed by atoms with Crippen molar-refractivity contribution in [2.75, 3.05) is 0 Å². The lowest BCUT2D eigenvalue weighted by Crippen LogP contribution is -2.43. The lowest BCUT2D eigenvalue weighted by atomic mass is 9.70. The van der Waals surface area contributed by atoms with E-state index in [2.05, 4.69) is 30.3 Å². The second kappa shape index (κ2) is 9.97. The molecule has 2 aliphatic rings. The number of benzene rings is 4. The summed E-state index contributed by atoms with van der Waals surface area (Å²) in [4.78, 5) is 0. The normalized spacial score (nSPS) is 13.6. The lowest BCUT2D eigenvalue weighted by Gasteiger charge is -2.13. The molecule has 0 radical (unpaired) electrons. The Bertz CT molecular complexity index is 1430. The molecule has 0 saturated heterocycles. The molecule has 6 nitrogen and oxygen atoms in total. The van der Waals surface area contributed by atoms with Crippen molar-refractivity contribution in [3.05, 3.63) is 118 Å². The molecule has 2 aliphatic heterocycles. The second-order valence-electron chi connectivity index (χ2n) is 9.04. The van der Waals surface area contributed by atoms with Crippen LogP contribution in [-0.4, -0.2) is 14.2 Å². The molecule has 4 aromatic carbocycles. The highest BCUT2D eigenvalue weighted by Gasteiger charge is 2.39. The molecule has 0 fully saturated rings. The average Bonchev–Trinajstić information content (AvgIpc) is 3.53. The number of ether oxygens (including phenoxy) is 1. The summed E-state index contributed by atoms with van der Waals surface area (Å²) >= 11 is 0. The Hall–Kier alpha value is -4.33. The van der Waals surface area contributed by atoms with E-state index in [4.69, 9.17) is 29.1 Å². The first-order valence-corrected chi connectivity index (χ1v) is 12.0. The van der Waals surface area contributed by atoms with Crippen molar-refractivity contribution >= 4 is 25.2 Å². The molecule has 0 unspecified atom stereocenters. The lowest BCUT2D eigenvalue weighted by molar-refractivity contribution is 0.238. The third-order valence-corrected chi connectivity index (χ3v) is 6.57. The average molecular weight is 482 g/mol. The molecule has 176 valence electrons. The first-order chi connectivity index (χ1) is 18.2. The largest absolute Gasteiger partial charge is 0.481 e. The topological polar surface area (TPSA) is 84.5 Å². The van der Waals surface area contributed by atoms with Crippen LogP contribution in [0.2, 0.25) is 0 Å². The third kappa shape index (κ3) is 4.87. The van der Waals surface area contributed by atoms with Gasteiger partial charge in [0.25, 0.3) is 0 Å². The first kappa shape index (κ1) is 23.1. The Labute approximate surface area is 215 Å². The summed E-state index contributed by atoms with van der Waals surface area (Å²) in [5, 5.41) is 17.9. The van der Waals surface area contributed by atoms with E-state index in [-0.39, 0.29) is 0 Å². The van der Waals surface area contributed by atoms with Crippen LogP contribution in [0.15, 0.2) is 84.9 Å². The van der Waals surface area contributed by atoms with Gasteiger partial charge in [0, 0.05) is 0 Å². The van der Waals surface area contributed by atoms with E-state index < -0.39 is 14.2 Å². The summed E-state index contributed by atoms with van der Waals surface area (Å²) in [6.07, 6.45) is 0.788. The quantitative estimate of drug-likeness (QED) is 0.387. The van der Waals surface area contributed by atoms with Crippen LogP contribution >= 0.6 is 0 Å². The zero-order valence-electron chi connectivity index (χ0n) is 19.9. The number of hydrogen-bond acceptors (Lipinski definition) is 6. The molecule has 0 bridgehead atoms. The van der Waals surface area contributed by atoms with Crippen molar-refractivity contribution in [1.29, 1.82) is 10.5 Å². The number of hydrogen-bond donors (Lipinski definition) is 0. The molecule has 0 saturated carbocycles. The highest BCUT2D eigenvalue weighted by Crippen LogP contribution is 2.25. The van der Waals surface area contributed by atoms with Crippen molar-refractivity contribution in [3.63, 3.8) is 0 Å². The molecule has 0 amide bonds. The van der Waals surface area contributed by atoms with Gasteiger partial charge in [0.05, 0.1) is 36.5 Å². The summed E-state index contributed by atoms with van der Waals surface area (Å²) in [6.45, 7) is 0.909. The van der Waals surface area contributed by atoms with Crippen molar-refractivity contribution < 1.29 is 18.6 Å². The van der Waals surface area contributed by atoms with E-state index in [0.717, 1.165) is 34.0 Å². The van der Waals surface area contributed by atoms with Gasteiger partial charge in [0.15, 0.2) is 0 Å². The highest BCUT2D eigenvalue weighted by molar-refractivity contribution is 6.75. The van der Waals surface area contributed by atoms with Gasteiger partial charge >= 0.3 is 14.2 Å². The molecule has 0 N–H and O–H groups in total. The molecule has 0 aromatic heterocycles. The second-order valence-corrected chi connectivity index (χ2v) is 9.04. The van der Waals surface area contributed by atoms with E-state index in [0.29, 0.717) is 35.8 Å². The maximum absolute atomic E-state index is 8.99. The number of nitrogens with zero attached hydrogens (tertiary/aromatic N) is 2. The van der Waals surface area contributed by atoms with Gasteiger partial charge in [-0.3, -0.25) is 0 Å². The predicted molar refractivity (Wildman–Crippen MR) is 140 cm³/mol. The van der Waals surface area contributed by atoms with E-state index in [1.165, 1.54) is 5.56 Å². The smallest absolute Gasteiger partial charge is 0.457 e. The fourth-order valence-electron chi connectivity index (χ4n) is 4.64. The summed E-state index contributed by atoms with van der Waals surface area (Å²) in [6, 6.07) is 31.1. The minimum absolute atomic E-state index is 0.424. The van der Waals surface area contributed by atoms with Gasteiger partial charge in [-0.1, -0.05) is 36.4 Å². The van der Waals surface area contributed by atoms with Gasteiger partial charge in [-0.25, -0.2) is 0 Å². The molecule has 0 atom stereocenters. The van der Waals surface area contributed by atoms with Gasteiger partial charge in [-0.2, -0.15) is 10.5 Å². The number of rotatable bonds is 6. The van der Waals surface area contributed by atoms with Gasteiger partial charge in [-0.05, 0) is 88.1 Å². The van der Waals surface area contributed by atoms with Crippen molar-refractivity contribution in [1.82, 2.24) is 0 Å². The zero-order valence-corrected chi connectivity index (χ0v) is 19.9. The molecular formula is C29H20B2N2O4. The minimum Gasteiger partial charge on any atom is -0.457 e. The Kier molecular flexibility index (Phi) is 6.22. The van der Waals surface area contributed by atoms with Gasteiger partial charge in [-0.15, -0.1) is 0 Å². The summed E-state index contributed by atoms with van der Waals surface area (Å²) in [5.41, 5.74) is 7.69. The molecular weight excluding hydrogens is 462 g/mol. The van der Waals surface area contributed by atoms with Crippen LogP contribution in [0, 0.1) is 22.7 Å². The van der Waals surface area contributed by atoms with Crippen LogP contribution in [0.1, 0.15) is 33.4 Å². The zero-order chi connectivity index (χ0) is 25.2. The van der Waals surface area contributed by atoms with Crippen LogP contribution in [0.25, 0.3) is 0 Å². The van der Waals surface area contributed by atoms with Crippen molar-refractivity contribution in [2.24, 2.45) is 0 Å². The summed E-state index contributed by atoms with van der Waals surface area (Å²) < 4.78 is 24.1. The summed E-state index contributed by atoms with van der Waals surface area (Å²) in [5.74, 6) is 1.37. The number of nitriles is 2. The highest BCUT2D eigenvalue weighted by atomic mass is 16.6. The molecule has 0 aliphatic carbocycles. The number of fused-ring (bicyclic) bond motifs is 2. The maximum Gasteiger partial charge on any atom is 0.481 e. The maximum atomic E-state index is 8.99. The van der Waals surface area contributed by atoms with Crippen LogP contribution in [0.4, 0.5) is 0 Å². The molecule has 8 heteroatoms. The van der Waals surface area contributed by atoms with Gasteiger partial charge in [0.1, 0.15) is 11.5 Å². The fourth-order valence-corrected chi connectivity index (χ4v) is 4.64. The Morgan fingerprint density at radius 1 is 0.649 bits per heavy atom. The molecule has 37 heavy (non-hydrogen) atoms. The molecule has 2 heterocycles. The van der Waals surface area contributed by atoms with E-state index >= 15 is 0 Å². The Morgan fingerprint density at radius 2 is 1.19 bits per heavy atom. The minimum atomic E-state index is -0.520. The SMILES string of the molecule is N#Cc1ccc(Cc2ccc3c(c2)COB3OB2OCc3cc(Oc4ccc(C#N)cc4)ccc32)cc1. The van der Waals surface area contributed by atoms with Crippen LogP contribution < -0.4 is 15.7 Å². The van der Waals surface area contributed by atoms with Crippen molar-refractivity contribution in [3.8, 4) is 23.6 Å². The van der Waals surface area contributed by atoms with E-state index in [1.54, 1.807) is 24.3 Å². The first-order valence-electron chi connectivity index (χ1n) is 12.0. The van der Waals surface area contributed by atoms with Gasteiger partial charge < -0.3 is 18.6 Å². The standard InChI is InChI=1S/C29H20B2N2O4/c32-16-21-3-1-20(2-4-21)13-23-7-11-28-24(14-23)18-34-30(28)37-31-29-12-10-27(15-25(29)19-35-31)36-26-8-5-22(17-33)6-9-26/h1-12,14-15H,13,18-19H2. The Morgan fingerprint density at radius 3 is 1.84 bits per heavy atom. The van der Waals surface area contributed by atoms with Crippen LogP contribution in [0.5, 0.6) is 11.5 Å².